The van der Waals surface area contributed by atoms with Gasteiger partial charge in [-0.15, -0.1) is 11.3 Å². The van der Waals surface area contributed by atoms with Gasteiger partial charge in [0, 0.05) is 16.5 Å². The van der Waals surface area contributed by atoms with Crippen molar-refractivity contribution in [1.82, 2.24) is 4.98 Å². The summed E-state index contributed by atoms with van der Waals surface area (Å²) in [7, 11) is 0. The fraction of sp³-hybridized carbons (Fsp3) is 0. The molecule has 3 nitrogen and oxygen atoms in total. The molecule has 0 aliphatic heterocycles. The molecule has 4 heteroatoms. The highest BCUT2D eigenvalue weighted by molar-refractivity contribution is 7.13. The van der Waals surface area contributed by atoms with Crippen molar-refractivity contribution in [2.24, 2.45) is 0 Å². The van der Waals surface area contributed by atoms with Crippen molar-refractivity contribution in [2.45, 2.75) is 0 Å². The third kappa shape index (κ3) is 1.87. The molecule has 1 aromatic carbocycles. The van der Waals surface area contributed by atoms with E-state index in [0.29, 0.717) is 0 Å². The minimum Gasteiger partial charge on any atom is -0.478 e. The summed E-state index contributed by atoms with van der Waals surface area (Å²) < 4.78 is 0. The van der Waals surface area contributed by atoms with Gasteiger partial charge in [-0.2, -0.15) is 0 Å². The highest BCUT2D eigenvalue weighted by Crippen LogP contribution is 2.27. The van der Waals surface area contributed by atoms with Crippen LogP contribution in [0.15, 0.2) is 48.0 Å². The molecule has 18 heavy (non-hydrogen) atoms. The number of fused-ring (bicyclic) bond motifs is 1. The van der Waals surface area contributed by atoms with E-state index in [1.807, 2.05) is 35.7 Å². The quantitative estimate of drug-likeness (QED) is 0.760. The van der Waals surface area contributed by atoms with E-state index >= 15 is 0 Å². The van der Waals surface area contributed by atoms with Crippen LogP contribution in [0.4, 0.5) is 0 Å². The normalized spacial score (nSPS) is 10.7. The zero-order chi connectivity index (χ0) is 12.5. The predicted octanol–water partition coefficient (Wildman–Crippen LogP) is 3.66. The Labute approximate surface area is 107 Å². The number of benzene rings is 1. The van der Waals surface area contributed by atoms with E-state index in [9.17, 15) is 4.79 Å². The Balaban J connectivity index is 2.18. The Morgan fingerprint density at radius 1 is 1.22 bits per heavy atom. The smallest absolute Gasteiger partial charge is 0.337 e. The van der Waals surface area contributed by atoms with Crippen molar-refractivity contribution in [3.8, 4) is 10.4 Å². The van der Waals surface area contributed by atoms with E-state index in [4.69, 9.17) is 5.11 Å². The third-order valence-electron chi connectivity index (χ3n) is 2.73. The first-order valence-electron chi connectivity index (χ1n) is 5.41. The van der Waals surface area contributed by atoms with Crippen LogP contribution in [0.5, 0.6) is 0 Å². The van der Waals surface area contributed by atoms with Gasteiger partial charge in [-0.3, -0.25) is 4.98 Å². The molecule has 0 saturated heterocycles. The van der Waals surface area contributed by atoms with Crippen LogP contribution in [0.2, 0.25) is 0 Å². The Bertz CT molecular complexity index is 720. The van der Waals surface area contributed by atoms with Crippen molar-refractivity contribution in [3.63, 3.8) is 0 Å². The van der Waals surface area contributed by atoms with Crippen LogP contribution in [-0.4, -0.2) is 16.1 Å². The average Bonchev–Trinajstić information content (AvgIpc) is 2.91. The highest BCUT2D eigenvalue weighted by atomic mass is 32.1. The van der Waals surface area contributed by atoms with E-state index in [1.54, 1.807) is 17.4 Å². The number of nitrogens with zero attached hydrogens (tertiary/aromatic N) is 1. The van der Waals surface area contributed by atoms with Gasteiger partial charge >= 0.3 is 5.97 Å². The number of pyridine rings is 1. The zero-order valence-electron chi connectivity index (χ0n) is 9.33. The Morgan fingerprint density at radius 2 is 2.11 bits per heavy atom. The molecule has 0 unspecified atom stereocenters. The number of hydrogen-bond donors (Lipinski definition) is 1. The molecule has 0 fully saturated rings. The summed E-state index contributed by atoms with van der Waals surface area (Å²) >= 11 is 1.66. The van der Waals surface area contributed by atoms with Crippen molar-refractivity contribution >= 4 is 28.2 Å². The summed E-state index contributed by atoms with van der Waals surface area (Å²) in [5.74, 6) is -0.953. The van der Waals surface area contributed by atoms with Gasteiger partial charge in [0.05, 0.1) is 11.1 Å². The molecule has 1 N–H and O–H groups in total. The number of carboxylic acids is 1. The lowest BCUT2D eigenvalue weighted by molar-refractivity contribution is 0.0696. The van der Waals surface area contributed by atoms with E-state index < -0.39 is 5.97 Å². The highest BCUT2D eigenvalue weighted by Gasteiger charge is 2.06. The number of hydrogen-bond acceptors (Lipinski definition) is 3. The first-order chi connectivity index (χ1) is 8.74. The van der Waals surface area contributed by atoms with Gasteiger partial charge in [0.25, 0.3) is 0 Å². The van der Waals surface area contributed by atoms with Crippen molar-refractivity contribution in [3.05, 3.63) is 53.5 Å². The van der Waals surface area contributed by atoms with Crippen molar-refractivity contribution in [1.29, 1.82) is 0 Å². The monoisotopic (exact) mass is 255 g/mol. The predicted molar refractivity (Wildman–Crippen MR) is 72.0 cm³/mol. The average molecular weight is 255 g/mol. The van der Waals surface area contributed by atoms with Gasteiger partial charge in [0.1, 0.15) is 0 Å². The van der Waals surface area contributed by atoms with Crippen LogP contribution in [0, 0.1) is 0 Å². The lowest BCUT2D eigenvalue weighted by Crippen LogP contribution is -1.96. The minimum absolute atomic E-state index is 0.214. The van der Waals surface area contributed by atoms with Gasteiger partial charge in [-0.1, -0.05) is 12.1 Å². The fourth-order valence-corrected chi connectivity index (χ4v) is 2.57. The van der Waals surface area contributed by atoms with Gasteiger partial charge in [-0.05, 0) is 35.2 Å². The van der Waals surface area contributed by atoms with Crippen LogP contribution >= 0.6 is 11.3 Å². The molecule has 0 atom stereocenters. The van der Waals surface area contributed by atoms with Crippen LogP contribution < -0.4 is 0 Å². The zero-order valence-corrected chi connectivity index (χ0v) is 10.1. The molecule has 3 rings (SSSR count). The number of carboxylic acid groups (broad SMARTS) is 1. The number of carbonyl (C=O) groups is 1. The van der Waals surface area contributed by atoms with Crippen molar-refractivity contribution in [2.75, 3.05) is 0 Å². The summed E-state index contributed by atoms with van der Waals surface area (Å²) in [4.78, 5) is 16.2. The SMILES string of the molecule is O=C(O)c1cnc2ccc(-c3cccs3)cc2c1. The molecule has 88 valence electrons. The van der Waals surface area contributed by atoms with Gasteiger partial charge in [0.2, 0.25) is 0 Å². The maximum Gasteiger partial charge on any atom is 0.337 e. The lowest BCUT2D eigenvalue weighted by atomic mass is 10.1. The van der Waals surface area contributed by atoms with Gasteiger partial charge in [0.15, 0.2) is 0 Å². The molecule has 0 aliphatic carbocycles. The topological polar surface area (TPSA) is 50.2 Å². The molecule has 0 spiro atoms. The summed E-state index contributed by atoms with van der Waals surface area (Å²) in [6.07, 6.45) is 1.38. The first kappa shape index (κ1) is 10.9. The van der Waals surface area contributed by atoms with E-state index in [0.717, 1.165) is 21.3 Å². The lowest BCUT2D eigenvalue weighted by Gasteiger charge is -2.02. The number of aromatic nitrogens is 1. The molecule has 0 amide bonds. The maximum absolute atomic E-state index is 10.9. The van der Waals surface area contributed by atoms with Crippen molar-refractivity contribution < 1.29 is 9.90 Å². The molecule has 0 aliphatic rings. The first-order valence-corrected chi connectivity index (χ1v) is 6.29. The molecule has 2 heterocycles. The second-order valence-electron chi connectivity index (χ2n) is 3.91. The van der Waals surface area contributed by atoms with Gasteiger partial charge in [-0.25, -0.2) is 4.79 Å². The molecular weight excluding hydrogens is 246 g/mol. The Morgan fingerprint density at radius 3 is 2.83 bits per heavy atom. The Hall–Kier alpha value is -2.20. The fourth-order valence-electron chi connectivity index (χ4n) is 1.84. The summed E-state index contributed by atoms with van der Waals surface area (Å²) in [5, 5.41) is 11.8. The summed E-state index contributed by atoms with van der Waals surface area (Å²) in [6.45, 7) is 0. The van der Waals surface area contributed by atoms with E-state index in [-0.39, 0.29) is 5.56 Å². The maximum atomic E-state index is 10.9. The number of aromatic carboxylic acids is 1. The third-order valence-corrected chi connectivity index (χ3v) is 3.65. The number of thiophene rings is 1. The van der Waals surface area contributed by atoms with E-state index in [2.05, 4.69) is 4.98 Å². The minimum atomic E-state index is -0.953. The molecule has 0 radical (unpaired) electrons. The molecule has 2 aromatic heterocycles. The Kier molecular flexibility index (Phi) is 2.57. The van der Waals surface area contributed by atoms with Crippen LogP contribution in [0.1, 0.15) is 10.4 Å². The second-order valence-corrected chi connectivity index (χ2v) is 4.86. The van der Waals surface area contributed by atoms with Gasteiger partial charge < -0.3 is 5.11 Å². The van der Waals surface area contributed by atoms with Crippen LogP contribution in [-0.2, 0) is 0 Å². The second kappa shape index (κ2) is 4.23. The summed E-state index contributed by atoms with van der Waals surface area (Å²) in [6, 6.07) is 11.6. The van der Waals surface area contributed by atoms with E-state index in [1.165, 1.54) is 6.20 Å². The van der Waals surface area contributed by atoms with Crippen LogP contribution in [0.25, 0.3) is 21.3 Å². The molecule has 0 saturated carbocycles. The van der Waals surface area contributed by atoms with Crippen LogP contribution in [0.3, 0.4) is 0 Å². The standard InChI is InChI=1S/C14H9NO2S/c16-14(17)11-7-10-6-9(13-2-1-5-18-13)3-4-12(10)15-8-11/h1-8H,(H,16,17). The molecule has 3 aromatic rings. The summed E-state index contributed by atoms with van der Waals surface area (Å²) in [5.41, 5.74) is 2.10. The molecular formula is C14H9NO2S. The largest absolute Gasteiger partial charge is 0.478 e. The molecule has 0 bridgehead atoms. The number of rotatable bonds is 2.